The van der Waals surface area contributed by atoms with E-state index in [0.29, 0.717) is 0 Å². The molecule has 11 heavy (non-hydrogen) atoms. The number of hydrogen-bond donors (Lipinski definition) is 0. The molecule has 0 atom stereocenters. The number of rotatable bonds is 4. The molecule has 0 saturated heterocycles. The third-order valence-electron chi connectivity index (χ3n) is 1.34. The Morgan fingerprint density at radius 2 is 1.73 bits per heavy atom. The molecule has 60 valence electrons. The van der Waals surface area contributed by atoms with E-state index in [1.54, 1.807) is 0 Å². The molecule has 0 spiro atoms. The van der Waals surface area contributed by atoms with E-state index in [1.807, 2.05) is 25.2 Å². The van der Waals surface area contributed by atoms with Gasteiger partial charge in [0, 0.05) is 0 Å². The largest absolute Gasteiger partial charge is 0.0912 e. The minimum Gasteiger partial charge on any atom is -0.0912 e. The van der Waals surface area contributed by atoms with Gasteiger partial charge in [-0.05, 0) is 24.5 Å². The first kappa shape index (κ1) is 9.96. The summed E-state index contributed by atoms with van der Waals surface area (Å²) in [4.78, 5) is 0. The Labute approximate surface area is 69.6 Å². The highest BCUT2D eigenvalue weighted by atomic mass is 13.9. The van der Waals surface area contributed by atoms with Crippen LogP contribution in [0.25, 0.3) is 0 Å². The van der Waals surface area contributed by atoms with Crippen molar-refractivity contribution in [3.05, 3.63) is 48.6 Å². The monoisotopic (exact) mass is 148 g/mol. The minimum absolute atomic E-state index is 0.984. The van der Waals surface area contributed by atoms with Crippen molar-refractivity contribution >= 4 is 0 Å². The maximum atomic E-state index is 3.87. The van der Waals surface area contributed by atoms with Crippen molar-refractivity contribution in [1.82, 2.24) is 0 Å². The molecule has 0 heteroatoms. The van der Waals surface area contributed by atoms with Gasteiger partial charge >= 0.3 is 0 Å². The lowest BCUT2D eigenvalue weighted by Gasteiger charge is -1.96. The van der Waals surface area contributed by atoms with Gasteiger partial charge < -0.3 is 0 Å². The minimum atomic E-state index is 0.984. The lowest BCUT2D eigenvalue weighted by Crippen LogP contribution is -1.76. The second-order valence-electron chi connectivity index (χ2n) is 2.36. The lowest BCUT2D eigenvalue weighted by molar-refractivity contribution is 1.22. The van der Waals surface area contributed by atoms with Gasteiger partial charge in [0.1, 0.15) is 0 Å². The van der Waals surface area contributed by atoms with Gasteiger partial charge in [0.15, 0.2) is 0 Å². The Morgan fingerprint density at radius 3 is 2.18 bits per heavy atom. The van der Waals surface area contributed by atoms with Crippen LogP contribution in [0, 0.1) is 0 Å². The van der Waals surface area contributed by atoms with Crippen LogP contribution in [0.4, 0.5) is 0 Å². The van der Waals surface area contributed by atoms with Crippen LogP contribution < -0.4 is 0 Å². The van der Waals surface area contributed by atoms with E-state index in [0.717, 1.165) is 17.6 Å². The van der Waals surface area contributed by atoms with Crippen molar-refractivity contribution in [2.75, 3.05) is 0 Å². The summed E-state index contributed by atoms with van der Waals surface area (Å²) >= 11 is 0. The van der Waals surface area contributed by atoms with Crippen LogP contribution in [0.5, 0.6) is 0 Å². The maximum absolute atomic E-state index is 3.87. The first-order valence-corrected chi connectivity index (χ1v) is 3.89. The van der Waals surface area contributed by atoms with Crippen LogP contribution in [0.3, 0.4) is 0 Å². The van der Waals surface area contributed by atoms with Crippen LogP contribution in [0.15, 0.2) is 48.6 Å². The smallest absolute Gasteiger partial charge is 0.0265 e. The highest BCUT2D eigenvalue weighted by molar-refractivity contribution is 5.42. The molecule has 0 heterocycles. The van der Waals surface area contributed by atoms with Crippen LogP contribution >= 0.6 is 0 Å². The van der Waals surface area contributed by atoms with E-state index < -0.39 is 0 Å². The maximum Gasteiger partial charge on any atom is -0.0265 e. The molecule has 0 aromatic rings. The number of allylic oxidation sites excluding steroid dienone is 6. The van der Waals surface area contributed by atoms with Crippen LogP contribution in [0.2, 0.25) is 0 Å². The normalized spacial score (nSPS) is 11.1. The van der Waals surface area contributed by atoms with Crippen molar-refractivity contribution in [2.45, 2.75) is 20.3 Å². The van der Waals surface area contributed by atoms with Gasteiger partial charge in [0.25, 0.3) is 0 Å². The molecule has 0 unspecified atom stereocenters. The molecule has 0 amide bonds. The third kappa shape index (κ3) is 4.38. The van der Waals surface area contributed by atoms with Gasteiger partial charge in [-0.25, -0.2) is 0 Å². The fourth-order valence-corrected chi connectivity index (χ4v) is 0.675. The molecule has 0 aliphatic heterocycles. The average molecular weight is 148 g/mol. The standard InChI is InChI=1S/C11H16/c1-5-7-9-11(4)10(3)8-6-2/h6-9H,3-5H2,1-2H3/b8-6-,9-7-. The quantitative estimate of drug-likeness (QED) is 0.534. The molecular weight excluding hydrogens is 132 g/mol. The van der Waals surface area contributed by atoms with Crippen molar-refractivity contribution in [2.24, 2.45) is 0 Å². The van der Waals surface area contributed by atoms with Gasteiger partial charge in [0.05, 0.1) is 0 Å². The zero-order valence-electron chi connectivity index (χ0n) is 7.43. The lowest BCUT2D eigenvalue weighted by atomic mass is 10.1. The average Bonchev–Trinajstić information content (AvgIpc) is 2.00. The second kappa shape index (κ2) is 5.72. The van der Waals surface area contributed by atoms with E-state index in [9.17, 15) is 0 Å². The molecule has 0 aliphatic rings. The summed E-state index contributed by atoms with van der Waals surface area (Å²) < 4.78 is 0. The topological polar surface area (TPSA) is 0 Å². The predicted molar refractivity (Wildman–Crippen MR) is 52.5 cm³/mol. The molecule has 0 saturated carbocycles. The SMILES string of the molecule is C=C(/C=C\C)C(=C)/C=C\CC. The van der Waals surface area contributed by atoms with Gasteiger partial charge in [-0.15, -0.1) is 0 Å². The Kier molecular flexibility index (Phi) is 5.18. The molecule has 0 aliphatic carbocycles. The van der Waals surface area contributed by atoms with Gasteiger partial charge in [0.2, 0.25) is 0 Å². The highest BCUT2D eigenvalue weighted by Gasteiger charge is 1.88. The highest BCUT2D eigenvalue weighted by Crippen LogP contribution is 2.08. The Bertz CT molecular complexity index is 192. The summed E-state index contributed by atoms with van der Waals surface area (Å²) in [6, 6.07) is 0. The molecule has 0 bridgehead atoms. The van der Waals surface area contributed by atoms with E-state index in [-0.39, 0.29) is 0 Å². The van der Waals surface area contributed by atoms with Crippen molar-refractivity contribution in [3.8, 4) is 0 Å². The summed E-state index contributed by atoms with van der Waals surface area (Å²) in [7, 11) is 0. The van der Waals surface area contributed by atoms with Crippen molar-refractivity contribution in [3.63, 3.8) is 0 Å². The molecule has 0 fully saturated rings. The van der Waals surface area contributed by atoms with E-state index >= 15 is 0 Å². The molecule has 0 aromatic heterocycles. The van der Waals surface area contributed by atoms with Crippen molar-refractivity contribution in [1.29, 1.82) is 0 Å². The summed E-state index contributed by atoms with van der Waals surface area (Å²) in [5, 5.41) is 0. The summed E-state index contributed by atoms with van der Waals surface area (Å²) in [5.41, 5.74) is 1.97. The Balaban J connectivity index is 4.04. The fourth-order valence-electron chi connectivity index (χ4n) is 0.675. The summed E-state index contributed by atoms with van der Waals surface area (Å²) in [6.07, 6.45) is 9.05. The fraction of sp³-hybridized carbons (Fsp3) is 0.273. The third-order valence-corrected chi connectivity index (χ3v) is 1.34. The van der Waals surface area contributed by atoms with Crippen LogP contribution in [0.1, 0.15) is 20.3 Å². The Morgan fingerprint density at radius 1 is 1.18 bits per heavy atom. The first-order chi connectivity index (χ1) is 5.22. The second-order valence-corrected chi connectivity index (χ2v) is 2.36. The Hall–Kier alpha value is -1.04. The van der Waals surface area contributed by atoms with E-state index in [2.05, 4.69) is 26.2 Å². The summed E-state index contributed by atoms with van der Waals surface area (Å²) in [6.45, 7) is 11.8. The zero-order chi connectivity index (χ0) is 8.69. The van der Waals surface area contributed by atoms with E-state index in [4.69, 9.17) is 0 Å². The molecular formula is C11H16. The van der Waals surface area contributed by atoms with Crippen molar-refractivity contribution < 1.29 is 0 Å². The zero-order valence-corrected chi connectivity index (χ0v) is 7.43. The molecule has 0 rings (SSSR count). The molecule has 0 nitrogen and oxygen atoms in total. The van der Waals surface area contributed by atoms with Crippen LogP contribution in [-0.4, -0.2) is 0 Å². The first-order valence-electron chi connectivity index (χ1n) is 3.89. The number of hydrogen-bond acceptors (Lipinski definition) is 0. The molecule has 0 radical (unpaired) electrons. The van der Waals surface area contributed by atoms with Crippen LogP contribution in [-0.2, 0) is 0 Å². The predicted octanol–water partition coefficient (Wildman–Crippen LogP) is 3.64. The molecule has 0 aromatic carbocycles. The van der Waals surface area contributed by atoms with E-state index in [1.165, 1.54) is 0 Å². The van der Waals surface area contributed by atoms with Gasteiger partial charge in [-0.2, -0.15) is 0 Å². The van der Waals surface area contributed by atoms with Gasteiger partial charge in [-0.1, -0.05) is 44.4 Å². The summed E-state index contributed by atoms with van der Waals surface area (Å²) in [5.74, 6) is 0. The van der Waals surface area contributed by atoms with Gasteiger partial charge in [-0.3, -0.25) is 0 Å². The molecule has 0 N–H and O–H groups in total.